The van der Waals surface area contributed by atoms with Crippen LogP contribution in [0.2, 0.25) is 0 Å². The SMILES string of the molecule is CCCNC(=O)CCCn1c[c]nc1. The van der Waals surface area contributed by atoms with Gasteiger partial charge in [-0.05, 0) is 12.8 Å². The number of aromatic nitrogens is 2. The molecule has 1 radical (unpaired) electrons. The molecular weight excluding hydrogens is 178 g/mol. The summed E-state index contributed by atoms with van der Waals surface area (Å²) in [6.07, 6.45) is 8.63. The Balaban J connectivity index is 2.06. The van der Waals surface area contributed by atoms with Gasteiger partial charge in [-0.15, -0.1) is 0 Å². The zero-order valence-electron chi connectivity index (χ0n) is 8.49. The second-order valence-electron chi connectivity index (χ2n) is 3.19. The summed E-state index contributed by atoms with van der Waals surface area (Å²) < 4.78 is 1.92. The van der Waals surface area contributed by atoms with E-state index in [2.05, 4.69) is 16.5 Å². The molecule has 1 rings (SSSR count). The van der Waals surface area contributed by atoms with Gasteiger partial charge in [0.2, 0.25) is 5.91 Å². The van der Waals surface area contributed by atoms with E-state index >= 15 is 0 Å². The first kappa shape index (κ1) is 10.8. The molecule has 1 aromatic heterocycles. The Kier molecular flexibility index (Phi) is 4.75. The number of carbonyl (C=O) groups is 1. The minimum atomic E-state index is 0.135. The summed E-state index contributed by atoms with van der Waals surface area (Å²) in [5.74, 6) is 0.135. The van der Waals surface area contributed by atoms with Crippen molar-refractivity contribution in [2.45, 2.75) is 32.7 Å². The Labute approximate surface area is 84.3 Å². The zero-order valence-corrected chi connectivity index (χ0v) is 8.49. The van der Waals surface area contributed by atoms with Crippen molar-refractivity contribution in [3.8, 4) is 0 Å². The minimum absolute atomic E-state index is 0.135. The summed E-state index contributed by atoms with van der Waals surface area (Å²) in [5, 5.41) is 2.84. The standard InChI is InChI=1S/C10H16N3O/c1-2-5-12-10(14)4-3-7-13-8-6-11-9-13/h8-9H,2-5,7H2,1H3,(H,12,14). The third-order valence-corrected chi connectivity index (χ3v) is 1.90. The Morgan fingerprint density at radius 3 is 3.14 bits per heavy atom. The maximum atomic E-state index is 11.2. The smallest absolute Gasteiger partial charge is 0.220 e. The highest BCUT2D eigenvalue weighted by atomic mass is 16.1. The van der Waals surface area contributed by atoms with Crippen LogP contribution in [0.25, 0.3) is 0 Å². The lowest BCUT2D eigenvalue weighted by Gasteiger charge is -2.03. The molecule has 1 heterocycles. The van der Waals surface area contributed by atoms with Crippen molar-refractivity contribution in [1.82, 2.24) is 14.9 Å². The molecular formula is C10H16N3O. The number of hydrogen-bond donors (Lipinski definition) is 1. The number of rotatable bonds is 6. The molecule has 0 bridgehead atoms. The van der Waals surface area contributed by atoms with Gasteiger partial charge in [0.15, 0.2) is 0 Å². The normalized spacial score (nSPS) is 10.1. The molecule has 0 spiro atoms. The molecule has 0 aliphatic carbocycles. The third kappa shape index (κ3) is 4.07. The van der Waals surface area contributed by atoms with Gasteiger partial charge in [-0.2, -0.15) is 0 Å². The van der Waals surface area contributed by atoms with Gasteiger partial charge >= 0.3 is 0 Å². The minimum Gasteiger partial charge on any atom is -0.356 e. The largest absolute Gasteiger partial charge is 0.356 e. The van der Waals surface area contributed by atoms with E-state index < -0.39 is 0 Å². The van der Waals surface area contributed by atoms with E-state index in [1.807, 2.05) is 11.5 Å². The summed E-state index contributed by atoms with van der Waals surface area (Å²) in [6, 6.07) is 0. The van der Waals surface area contributed by atoms with Gasteiger partial charge in [0.25, 0.3) is 0 Å². The van der Waals surface area contributed by atoms with Gasteiger partial charge in [0.05, 0.1) is 6.33 Å². The Bertz CT molecular complexity index is 256. The summed E-state index contributed by atoms with van der Waals surface area (Å²) in [6.45, 7) is 3.65. The van der Waals surface area contributed by atoms with Crippen LogP contribution in [-0.2, 0) is 11.3 Å². The van der Waals surface area contributed by atoms with E-state index in [1.165, 1.54) is 0 Å². The molecule has 1 aromatic rings. The molecule has 4 nitrogen and oxygen atoms in total. The maximum Gasteiger partial charge on any atom is 0.220 e. The summed E-state index contributed by atoms with van der Waals surface area (Å²) >= 11 is 0. The van der Waals surface area contributed by atoms with Crippen LogP contribution in [0.5, 0.6) is 0 Å². The number of nitrogens with zero attached hydrogens (tertiary/aromatic N) is 2. The number of nitrogens with one attached hydrogen (secondary N) is 1. The fraction of sp³-hybridized carbons (Fsp3) is 0.600. The second kappa shape index (κ2) is 6.18. The third-order valence-electron chi connectivity index (χ3n) is 1.90. The Morgan fingerprint density at radius 2 is 2.50 bits per heavy atom. The number of hydrogen-bond acceptors (Lipinski definition) is 2. The topological polar surface area (TPSA) is 46.9 Å². The zero-order chi connectivity index (χ0) is 10.2. The van der Waals surface area contributed by atoms with Gasteiger partial charge in [-0.3, -0.25) is 4.79 Å². The van der Waals surface area contributed by atoms with E-state index in [1.54, 1.807) is 12.5 Å². The van der Waals surface area contributed by atoms with E-state index in [9.17, 15) is 4.79 Å². The first-order valence-corrected chi connectivity index (χ1v) is 4.97. The molecule has 0 unspecified atom stereocenters. The predicted molar refractivity (Wildman–Crippen MR) is 53.6 cm³/mol. The molecule has 0 atom stereocenters. The van der Waals surface area contributed by atoms with E-state index in [0.29, 0.717) is 6.42 Å². The van der Waals surface area contributed by atoms with Crippen molar-refractivity contribution in [1.29, 1.82) is 0 Å². The molecule has 0 aromatic carbocycles. The quantitative estimate of drug-likeness (QED) is 0.734. The highest BCUT2D eigenvalue weighted by Crippen LogP contribution is 1.94. The van der Waals surface area contributed by atoms with Crippen molar-refractivity contribution in [3.63, 3.8) is 0 Å². The van der Waals surface area contributed by atoms with Crippen molar-refractivity contribution in [3.05, 3.63) is 18.7 Å². The van der Waals surface area contributed by atoms with Gasteiger partial charge in [-0.25, -0.2) is 4.98 Å². The van der Waals surface area contributed by atoms with Crippen LogP contribution in [0.15, 0.2) is 12.5 Å². The van der Waals surface area contributed by atoms with Crippen LogP contribution in [0.3, 0.4) is 0 Å². The van der Waals surface area contributed by atoms with Gasteiger partial charge < -0.3 is 9.88 Å². The van der Waals surface area contributed by atoms with Crippen molar-refractivity contribution < 1.29 is 4.79 Å². The molecule has 0 aliphatic rings. The fourth-order valence-electron chi connectivity index (χ4n) is 1.15. The average Bonchev–Trinajstić information content (AvgIpc) is 2.67. The van der Waals surface area contributed by atoms with Crippen LogP contribution in [-0.4, -0.2) is 22.0 Å². The van der Waals surface area contributed by atoms with Crippen LogP contribution in [0.1, 0.15) is 26.2 Å². The van der Waals surface area contributed by atoms with E-state index in [0.717, 1.165) is 25.9 Å². The lowest BCUT2D eigenvalue weighted by Crippen LogP contribution is -2.23. The summed E-state index contributed by atoms with van der Waals surface area (Å²) in [7, 11) is 0. The number of carbonyl (C=O) groups excluding carboxylic acids is 1. The van der Waals surface area contributed by atoms with Gasteiger partial charge in [0, 0.05) is 25.7 Å². The monoisotopic (exact) mass is 194 g/mol. The van der Waals surface area contributed by atoms with Crippen LogP contribution in [0, 0.1) is 6.20 Å². The van der Waals surface area contributed by atoms with E-state index in [-0.39, 0.29) is 5.91 Å². The fourth-order valence-corrected chi connectivity index (χ4v) is 1.15. The first-order valence-electron chi connectivity index (χ1n) is 4.97. The van der Waals surface area contributed by atoms with Crippen molar-refractivity contribution in [2.75, 3.05) is 6.54 Å². The van der Waals surface area contributed by atoms with Crippen LogP contribution in [0.4, 0.5) is 0 Å². The molecule has 1 amide bonds. The molecule has 77 valence electrons. The first-order chi connectivity index (χ1) is 6.83. The van der Waals surface area contributed by atoms with Gasteiger partial charge in [-0.1, -0.05) is 6.92 Å². The van der Waals surface area contributed by atoms with Crippen molar-refractivity contribution in [2.24, 2.45) is 0 Å². The number of amides is 1. The van der Waals surface area contributed by atoms with Crippen LogP contribution >= 0.6 is 0 Å². The molecule has 0 saturated heterocycles. The molecule has 0 saturated carbocycles. The van der Waals surface area contributed by atoms with Gasteiger partial charge in [0.1, 0.15) is 6.20 Å². The number of imidazole rings is 1. The maximum absolute atomic E-state index is 11.2. The lowest BCUT2D eigenvalue weighted by atomic mass is 10.3. The molecule has 1 N–H and O–H groups in total. The van der Waals surface area contributed by atoms with E-state index in [4.69, 9.17) is 0 Å². The second-order valence-corrected chi connectivity index (χ2v) is 3.19. The van der Waals surface area contributed by atoms with Crippen molar-refractivity contribution >= 4 is 5.91 Å². The number of aryl methyl sites for hydroxylation is 1. The predicted octanol–water partition coefficient (Wildman–Crippen LogP) is 0.990. The summed E-state index contributed by atoms with van der Waals surface area (Å²) in [4.78, 5) is 15.0. The molecule has 0 fully saturated rings. The highest BCUT2D eigenvalue weighted by molar-refractivity contribution is 5.75. The highest BCUT2D eigenvalue weighted by Gasteiger charge is 1.99. The molecule has 14 heavy (non-hydrogen) atoms. The lowest BCUT2D eigenvalue weighted by molar-refractivity contribution is -0.121. The average molecular weight is 194 g/mol. The molecule has 4 heteroatoms. The Hall–Kier alpha value is -1.32. The van der Waals surface area contributed by atoms with Crippen LogP contribution < -0.4 is 5.32 Å². The molecule has 0 aliphatic heterocycles. The Morgan fingerprint density at radius 1 is 1.64 bits per heavy atom. The summed E-state index contributed by atoms with van der Waals surface area (Å²) in [5.41, 5.74) is 0.